The van der Waals surface area contributed by atoms with E-state index in [1.807, 2.05) is 20.8 Å². The largest absolute Gasteiger partial charge is 0.496 e. The van der Waals surface area contributed by atoms with Crippen LogP contribution in [0, 0.1) is 5.82 Å². The zero-order chi connectivity index (χ0) is 23.5. The number of aromatic nitrogens is 2. The van der Waals surface area contributed by atoms with Gasteiger partial charge in [-0.2, -0.15) is 4.98 Å². The van der Waals surface area contributed by atoms with E-state index in [0.717, 1.165) is 6.07 Å². The average molecular weight is 445 g/mol. The minimum absolute atomic E-state index is 0.00469. The van der Waals surface area contributed by atoms with Gasteiger partial charge in [-0.25, -0.2) is 14.2 Å². The topological polar surface area (TPSA) is 120 Å². The smallest absolute Gasteiger partial charge is 0.410 e. The molecule has 0 bridgehead atoms. The van der Waals surface area contributed by atoms with Crippen molar-refractivity contribution in [3.63, 3.8) is 0 Å². The van der Waals surface area contributed by atoms with Gasteiger partial charge in [0, 0.05) is 31.4 Å². The van der Waals surface area contributed by atoms with E-state index in [2.05, 4.69) is 15.3 Å². The van der Waals surface area contributed by atoms with Gasteiger partial charge in [-0.3, -0.25) is 4.79 Å². The highest BCUT2D eigenvalue weighted by Crippen LogP contribution is 2.25. The summed E-state index contributed by atoms with van der Waals surface area (Å²) in [6, 6.07) is 3.68. The van der Waals surface area contributed by atoms with E-state index in [0.29, 0.717) is 31.9 Å². The number of piperidine rings is 1. The van der Waals surface area contributed by atoms with Gasteiger partial charge in [0.15, 0.2) is 0 Å². The number of ether oxygens (including phenoxy) is 2. The van der Waals surface area contributed by atoms with E-state index in [4.69, 9.17) is 15.2 Å². The minimum Gasteiger partial charge on any atom is -0.496 e. The van der Waals surface area contributed by atoms with E-state index in [-0.39, 0.29) is 34.8 Å². The fourth-order valence-corrected chi connectivity index (χ4v) is 3.35. The monoisotopic (exact) mass is 445 g/mol. The highest BCUT2D eigenvalue weighted by molar-refractivity contribution is 6.13. The summed E-state index contributed by atoms with van der Waals surface area (Å²) in [5.74, 6) is -0.573. The summed E-state index contributed by atoms with van der Waals surface area (Å²) in [4.78, 5) is 35.1. The summed E-state index contributed by atoms with van der Waals surface area (Å²) in [5, 5.41) is 3.20. The molecule has 2 heterocycles. The van der Waals surface area contributed by atoms with Gasteiger partial charge >= 0.3 is 6.09 Å². The maximum absolute atomic E-state index is 13.4. The number of hydrogen-bond donors (Lipinski definition) is 2. The fraction of sp³-hybridized carbons (Fsp3) is 0.455. The molecule has 9 nitrogen and oxygen atoms in total. The molecular formula is C22H28FN5O4. The molecule has 0 aliphatic carbocycles. The molecule has 0 atom stereocenters. The molecular weight excluding hydrogens is 417 g/mol. The Morgan fingerprint density at radius 2 is 1.91 bits per heavy atom. The van der Waals surface area contributed by atoms with Gasteiger partial charge in [0.25, 0.3) is 0 Å². The predicted octanol–water partition coefficient (Wildman–Crippen LogP) is 3.25. The summed E-state index contributed by atoms with van der Waals surface area (Å²) in [5.41, 5.74) is 5.74. The molecule has 1 fully saturated rings. The number of nitrogen functional groups attached to an aromatic ring is 1. The number of amides is 1. The summed E-state index contributed by atoms with van der Waals surface area (Å²) in [6.07, 6.45) is 2.40. The first-order valence-corrected chi connectivity index (χ1v) is 10.3. The zero-order valence-corrected chi connectivity index (χ0v) is 18.6. The number of nitrogens with one attached hydrogen (secondary N) is 1. The van der Waals surface area contributed by atoms with Gasteiger partial charge in [0.2, 0.25) is 11.7 Å². The molecule has 2 aromatic rings. The normalized spacial score (nSPS) is 14.7. The Balaban J connectivity index is 1.63. The molecule has 1 aliphatic rings. The molecule has 0 saturated carbocycles. The number of likely N-dealkylation sites (tertiary alicyclic amines) is 1. The Bertz CT molecular complexity index is 1000. The molecule has 172 valence electrons. The molecule has 1 aromatic carbocycles. The van der Waals surface area contributed by atoms with Crippen molar-refractivity contribution < 1.29 is 23.5 Å². The lowest BCUT2D eigenvalue weighted by atomic mass is 10.0. The number of carbonyl (C=O) groups excluding carboxylic acids is 2. The Labute approximate surface area is 186 Å². The van der Waals surface area contributed by atoms with Gasteiger partial charge in [-0.05, 0) is 45.7 Å². The van der Waals surface area contributed by atoms with E-state index < -0.39 is 17.2 Å². The molecule has 0 spiro atoms. The molecule has 1 saturated heterocycles. The molecule has 1 aliphatic heterocycles. The first-order valence-electron chi connectivity index (χ1n) is 10.3. The van der Waals surface area contributed by atoms with Gasteiger partial charge in [-0.1, -0.05) is 0 Å². The zero-order valence-electron chi connectivity index (χ0n) is 18.6. The van der Waals surface area contributed by atoms with Gasteiger partial charge in [0.05, 0.1) is 18.2 Å². The highest BCUT2D eigenvalue weighted by atomic mass is 19.1. The summed E-state index contributed by atoms with van der Waals surface area (Å²) in [7, 11) is 1.35. The molecule has 3 rings (SSSR count). The number of halogens is 1. The van der Waals surface area contributed by atoms with Crippen LogP contribution in [0.4, 0.5) is 21.0 Å². The fourth-order valence-electron chi connectivity index (χ4n) is 3.35. The third kappa shape index (κ3) is 5.63. The SMILES string of the molecule is COc1cc(F)ccc1C(=O)c1cnc(NC2CCN(C(=O)OC(C)(C)C)CC2)nc1N. The number of anilines is 2. The standard InChI is InChI=1S/C22H28FN5O4/c1-22(2,3)32-21(30)28-9-7-14(8-10-28)26-20-25-12-16(19(24)27-20)18(29)15-6-5-13(23)11-17(15)31-4/h5-6,11-12,14H,7-10H2,1-4H3,(H3,24,25,26,27). The van der Waals surface area contributed by atoms with Crippen LogP contribution in [-0.2, 0) is 4.74 Å². The highest BCUT2D eigenvalue weighted by Gasteiger charge is 2.27. The van der Waals surface area contributed by atoms with E-state index in [1.54, 1.807) is 4.90 Å². The van der Waals surface area contributed by atoms with Gasteiger partial charge < -0.3 is 25.4 Å². The number of benzene rings is 1. The van der Waals surface area contributed by atoms with Crippen molar-refractivity contribution in [1.29, 1.82) is 0 Å². The maximum atomic E-state index is 13.4. The van der Waals surface area contributed by atoms with Crippen LogP contribution < -0.4 is 15.8 Å². The summed E-state index contributed by atoms with van der Waals surface area (Å²) in [6.45, 7) is 6.59. The van der Waals surface area contributed by atoms with Crippen LogP contribution in [0.3, 0.4) is 0 Å². The van der Waals surface area contributed by atoms with E-state index in [9.17, 15) is 14.0 Å². The number of hydrogen-bond acceptors (Lipinski definition) is 8. The molecule has 0 radical (unpaired) electrons. The van der Waals surface area contributed by atoms with Crippen LogP contribution in [0.25, 0.3) is 0 Å². The molecule has 32 heavy (non-hydrogen) atoms. The van der Waals surface area contributed by atoms with Crippen LogP contribution in [0.5, 0.6) is 5.75 Å². The lowest BCUT2D eigenvalue weighted by molar-refractivity contribution is 0.0210. The first kappa shape index (κ1) is 23.2. The number of rotatable bonds is 5. The van der Waals surface area contributed by atoms with Crippen LogP contribution in [0.15, 0.2) is 24.4 Å². The van der Waals surface area contributed by atoms with Crippen LogP contribution >= 0.6 is 0 Å². The van der Waals surface area contributed by atoms with E-state index >= 15 is 0 Å². The Kier molecular flexibility index (Phi) is 6.81. The second-order valence-electron chi connectivity index (χ2n) is 8.55. The minimum atomic E-state index is -0.533. The molecule has 1 amide bonds. The Morgan fingerprint density at radius 3 is 2.50 bits per heavy atom. The Hall–Kier alpha value is -3.43. The second-order valence-corrected chi connectivity index (χ2v) is 8.55. The molecule has 0 unspecified atom stereocenters. The van der Waals surface area contributed by atoms with Crippen molar-refractivity contribution in [3.05, 3.63) is 41.3 Å². The molecule has 10 heteroatoms. The Morgan fingerprint density at radius 1 is 1.22 bits per heavy atom. The number of carbonyl (C=O) groups is 2. The number of nitrogens with two attached hydrogens (primary N) is 1. The van der Waals surface area contributed by atoms with Crippen molar-refractivity contribution in [1.82, 2.24) is 14.9 Å². The average Bonchev–Trinajstić information content (AvgIpc) is 2.72. The van der Waals surface area contributed by atoms with Crippen molar-refractivity contribution in [2.75, 3.05) is 31.2 Å². The summed E-state index contributed by atoms with van der Waals surface area (Å²) < 4.78 is 23.9. The van der Waals surface area contributed by atoms with Crippen molar-refractivity contribution in [2.24, 2.45) is 0 Å². The third-order valence-electron chi connectivity index (χ3n) is 4.95. The van der Waals surface area contributed by atoms with Crippen LogP contribution in [0.2, 0.25) is 0 Å². The van der Waals surface area contributed by atoms with Gasteiger partial charge in [0.1, 0.15) is 23.0 Å². The second kappa shape index (κ2) is 9.37. The number of nitrogens with zero attached hydrogens (tertiary/aromatic N) is 3. The number of ketones is 1. The van der Waals surface area contributed by atoms with Crippen molar-refractivity contribution in [3.8, 4) is 5.75 Å². The van der Waals surface area contributed by atoms with Crippen molar-refractivity contribution >= 4 is 23.6 Å². The third-order valence-corrected chi connectivity index (χ3v) is 4.95. The lowest BCUT2D eigenvalue weighted by Crippen LogP contribution is -2.44. The van der Waals surface area contributed by atoms with Crippen LogP contribution in [0.1, 0.15) is 49.5 Å². The number of methoxy groups -OCH3 is 1. The van der Waals surface area contributed by atoms with E-state index in [1.165, 1.54) is 25.4 Å². The van der Waals surface area contributed by atoms with Crippen molar-refractivity contribution in [2.45, 2.75) is 45.3 Å². The molecule has 3 N–H and O–H groups in total. The first-order chi connectivity index (χ1) is 15.1. The summed E-state index contributed by atoms with van der Waals surface area (Å²) >= 11 is 0. The van der Waals surface area contributed by atoms with Gasteiger partial charge in [-0.15, -0.1) is 0 Å². The predicted molar refractivity (Wildman–Crippen MR) is 117 cm³/mol. The van der Waals surface area contributed by atoms with Crippen LogP contribution in [-0.4, -0.2) is 58.6 Å². The lowest BCUT2D eigenvalue weighted by Gasteiger charge is -2.33. The maximum Gasteiger partial charge on any atom is 0.410 e. The molecule has 1 aromatic heterocycles. The quantitative estimate of drug-likeness (QED) is 0.673.